The summed E-state index contributed by atoms with van der Waals surface area (Å²) in [6.45, 7) is 2.02. The van der Waals surface area contributed by atoms with E-state index in [0.29, 0.717) is 22.7 Å². The number of amides is 1. The Kier molecular flexibility index (Phi) is 6.08. The van der Waals surface area contributed by atoms with Gasteiger partial charge in [0.25, 0.3) is 5.91 Å². The number of para-hydroxylation sites is 1. The minimum Gasteiger partial charge on any atom is -0.496 e. The van der Waals surface area contributed by atoms with Gasteiger partial charge in [-0.3, -0.25) is 9.59 Å². The Morgan fingerprint density at radius 1 is 1.22 bits per heavy atom. The number of halogens is 1. The van der Waals surface area contributed by atoms with Crippen LogP contribution in [0.4, 0.5) is 0 Å². The Morgan fingerprint density at radius 3 is 2.74 bits per heavy atom. The number of benzene rings is 2. The van der Waals surface area contributed by atoms with Gasteiger partial charge in [-0.25, -0.2) is 0 Å². The maximum absolute atomic E-state index is 12.7. The zero-order valence-corrected chi connectivity index (χ0v) is 17.2. The quantitative estimate of drug-likeness (QED) is 0.556. The van der Waals surface area contributed by atoms with Crippen molar-refractivity contribution in [1.29, 1.82) is 0 Å². The number of nitrogens with zero attached hydrogens (tertiary/aromatic N) is 2. The topological polar surface area (TPSA) is 69.9 Å². The van der Waals surface area contributed by atoms with Crippen LogP contribution in [0.1, 0.15) is 17.3 Å². The van der Waals surface area contributed by atoms with Crippen molar-refractivity contribution >= 4 is 49.4 Å². The van der Waals surface area contributed by atoms with E-state index in [1.807, 2.05) is 18.2 Å². The van der Waals surface area contributed by atoms with Gasteiger partial charge in [0.2, 0.25) is 0 Å². The highest BCUT2D eigenvalue weighted by atomic mass is 79.9. The van der Waals surface area contributed by atoms with Gasteiger partial charge < -0.3 is 14.0 Å². The lowest BCUT2D eigenvalue weighted by atomic mass is 10.2. The molecule has 0 saturated carbocycles. The second-order valence-electron chi connectivity index (χ2n) is 5.51. The molecular weight excluding hydrogens is 432 g/mol. The summed E-state index contributed by atoms with van der Waals surface area (Å²) in [5.74, 6) is -0.367. The number of methoxy groups -OCH3 is 1. The molecule has 0 radical (unpaired) electrons. The first-order chi connectivity index (χ1) is 13.0. The van der Waals surface area contributed by atoms with Gasteiger partial charge in [0, 0.05) is 4.47 Å². The number of carbonyl (C=O) groups excluding carboxylic acids is 2. The van der Waals surface area contributed by atoms with Crippen LogP contribution < -0.4 is 9.54 Å². The molecule has 3 aromatic rings. The van der Waals surface area contributed by atoms with Crippen molar-refractivity contribution in [2.45, 2.75) is 13.5 Å². The molecule has 0 aliphatic rings. The molecule has 0 saturated heterocycles. The molecule has 0 aliphatic heterocycles. The van der Waals surface area contributed by atoms with Crippen LogP contribution >= 0.6 is 27.3 Å². The van der Waals surface area contributed by atoms with Gasteiger partial charge in [-0.1, -0.05) is 39.4 Å². The first kappa shape index (κ1) is 19.3. The van der Waals surface area contributed by atoms with Gasteiger partial charge >= 0.3 is 5.97 Å². The first-order valence-corrected chi connectivity index (χ1v) is 9.81. The lowest BCUT2D eigenvalue weighted by Crippen LogP contribution is -2.23. The zero-order valence-electron chi connectivity index (χ0n) is 14.8. The molecule has 0 bridgehead atoms. The molecule has 8 heteroatoms. The van der Waals surface area contributed by atoms with Crippen LogP contribution in [0, 0.1) is 0 Å². The zero-order chi connectivity index (χ0) is 19.4. The third-order valence-electron chi connectivity index (χ3n) is 3.77. The molecule has 2 aromatic carbocycles. The summed E-state index contributed by atoms with van der Waals surface area (Å²) in [6, 6.07) is 12.6. The van der Waals surface area contributed by atoms with Crippen LogP contribution in [0.15, 0.2) is 51.9 Å². The molecule has 0 atom stereocenters. The van der Waals surface area contributed by atoms with Crippen LogP contribution in [-0.4, -0.2) is 30.2 Å². The maximum Gasteiger partial charge on any atom is 0.326 e. The fourth-order valence-corrected chi connectivity index (χ4v) is 4.17. The number of aromatic nitrogens is 1. The van der Waals surface area contributed by atoms with Gasteiger partial charge in [0.1, 0.15) is 12.3 Å². The first-order valence-electron chi connectivity index (χ1n) is 8.20. The van der Waals surface area contributed by atoms with Gasteiger partial charge in [-0.05, 0) is 37.3 Å². The van der Waals surface area contributed by atoms with E-state index in [0.717, 1.165) is 14.7 Å². The van der Waals surface area contributed by atoms with Crippen LogP contribution in [-0.2, 0) is 16.1 Å². The summed E-state index contributed by atoms with van der Waals surface area (Å²) in [5.41, 5.74) is 1.17. The SMILES string of the molecule is CCOC(=O)Cn1c(=NC(=O)c2ccccc2OC)sc2cc(Br)ccc21. The summed E-state index contributed by atoms with van der Waals surface area (Å²) in [6.07, 6.45) is 0. The Bertz CT molecular complexity index is 1070. The Balaban J connectivity index is 2.13. The molecule has 3 rings (SSSR count). The third-order valence-corrected chi connectivity index (χ3v) is 5.31. The second-order valence-corrected chi connectivity index (χ2v) is 7.43. The largest absolute Gasteiger partial charge is 0.496 e. The Hall–Kier alpha value is -2.45. The molecule has 1 amide bonds. The fourth-order valence-electron chi connectivity index (χ4n) is 2.59. The number of esters is 1. The van der Waals surface area contributed by atoms with Crippen molar-refractivity contribution in [2.75, 3.05) is 13.7 Å². The van der Waals surface area contributed by atoms with Crippen molar-refractivity contribution < 1.29 is 19.1 Å². The van der Waals surface area contributed by atoms with E-state index in [1.54, 1.807) is 35.8 Å². The highest BCUT2D eigenvalue weighted by Crippen LogP contribution is 2.23. The fraction of sp³-hybridized carbons (Fsp3) is 0.211. The van der Waals surface area contributed by atoms with Gasteiger partial charge in [0.15, 0.2) is 4.80 Å². The molecule has 0 spiro atoms. The van der Waals surface area contributed by atoms with Crippen molar-refractivity contribution in [3.8, 4) is 5.75 Å². The van der Waals surface area contributed by atoms with E-state index in [9.17, 15) is 9.59 Å². The Morgan fingerprint density at radius 2 is 2.00 bits per heavy atom. The normalized spacial score (nSPS) is 11.6. The average molecular weight is 449 g/mol. The van der Waals surface area contributed by atoms with Crippen molar-refractivity contribution in [2.24, 2.45) is 4.99 Å². The van der Waals surface area contributed by atoms with E-state index in [-0.39, 0.29) is 12.5 Å². The lowest BCUT2D eigenvalue weighted by Gasteiger charge is -2.06. The molecular formula is C19H17BrN2O4S. The number of carbonyl (C=O) groups is 2. The summed E-state index contributed by atoms with van der Waals surface area (Å²) in [7, 11) is 1.50. The summed E-state index contributed by atoms with van der Waals surface area (Å²) >= 11 is 4.77. The predicted octanol–water partition coefficient (Wildman–Crippen LogP) is 3.78. The van der Waals surface area contributed by atoms with Crippen molar-refractivity contribution in [3.63, 3.8) is 0 Å². The molecule has 6 nitrogen and oxygen atoms in total. The number of thiazole rings is 1. The molecule has 0 unspecified atom stereocenters. The van der Waals surface area contributed by atoms with E-state index in [2.05, 4.69) is 20.9 Å². The third kappa shape index (κ3) is 4.28. The van der Waals surface area contributed by atoms with Gasteiger partial charge in [-0.2, -0.15) is 4.99 Å². The number of ether oxygens (including phenoxy) is 2. The highest BCUT2D eigenvalue weighted by molar-refractivity contribution is 9.10. The molecule has 1 aromatic heterocycles. The predicted molar refractivity (Wildman–Crippen MR) is 107 cm³/mol. The smallest absolute Gasteiger partial charge is 0.326 e. The molecule has 0 aliphatic carbocycles. The molecule has 1 heterocycles. The maximum atomic E-state index is 12.7. The second kappa shape index (κ2) is 8.49. The molecule has 0 N–H and O–H groups in total. The van der Waals surface area contributed by atoms with Gasteiger partial charge in [0.05, 0.1) is 29.5 Å². The lowest BCUT2D eigenvalue weighted by molar-refractivity contribution is -0.143. The number of rotatable bonds is 5. The number of hydrogen-bond donors (Lipinski definition) is 0. The van der Waals surface area contributed by atoms with E-state index < -0.39 is 5.91 Å². The average Bonchev–Trinajstić information content (AvgIpc) is 2.97. The minimum atomic E-state index is -0.435. The van der Waals surface area contributed by atoms with Crippen molar-refractivity contribution in [1.82, 2.24) is 4.57 Å². The van der Waals surface area contributed by atoms with Crippen LogP contribution in [0.25, 0.3) is 10.2 Å². The number of fused-ring (bicyclic) bond motifs is 1. The van der Waals surface area contributed by atoms with E-state index >= 15 is 0 Å². The van der Waals surface area contributed by atoms with Crippen LogP contribution in [0.5, 0.6) is 5.75 Å². The van der Waals surface area contributed by atoms with E-state index in [1.165, 1.54) is 18.4 Å². The Labute approximate surface area is 168 Å². The molecule has 0 fully saturated rings. The van der Waals surface area contributed by atoms with Gasteiger partial charge in [-0.15, -0.1) is 0 Å². The van der Waals surface area contributed by atoms with E-state index in [4.69, 9.17) is 9.47 Å². The van der Waals surface area contributed by atoms with Crippen LogP contribution in [0.3, 0.4) is 0 Å². The number of hydrogen-bond acceptors (Lipinski definition) is 5. The summed E-state index contributed by atoms with van der Waals surface area (Å²) in [4.78, 5) is 29.4. The monoisotopic (exact) mass is 448 g/mol. The van der Waals surface area contributed by atoms with Crippen molar-refractivity contribution in [3.05, 3.63) is 57.3 Å². The minimum absolute atomic E-state index is 0.0203. The molecule has 27 heavy (non-hydrogen) atoms. The molecule has 140 valence electrons. The summed E-state index contributed by atoms with van der Waals surface area (Å²) in [5, 5.41) is 0. The standard InChI is InChI=1S/C19H17BrN2O4S/c1-3-26-17(23)11-22-14-9-8-12(20)10-16(14)27-19(22)21-18(24)13-6-4-5-7-15(13)25-2/h4-10H,3,11H2,1-2H3. The summed E-state index contributed by atoms with van der Waals surface area (Å²) < 4.78 is 13.8. The highest BCUT2D eigenvalue weighted by Gasteiger charge is 2.15. The van der Waals surface area contributed by atoms with Crippen LogP contribution in [0.2, 0.25) is 0 Å².